The average molecular weight is 476 g/mol. The smallest absolute Gasteiger partial charge is 0.133 e. The molecule has 4 rings (SSSR count). The highest BCUT2D eigenvalue weighted by molar-refractivity contribution is 14.2. The molecule has 0 aliphatic heterocycles. The molecule has 8 unspecified atom stereocenters. The molecule has 0 radical (unpaired) electrons. The summed E-state index contributed by atoms with van der Waals surface area (Å²) in [5.41, 5.74) is 0.822. The van der Waals surface area contributed by atoms with Gasteiger partial charge in [0.25, 0.3) is 0 Å². The Balaban J connectivity index is 1.55. The Bertz CT molecular complexity index is 540. The van der Waals surface area contributed by atoms with Crippen LogP contribution in [0.1, 0.15) is 78.6 Å². The highest BCUT2D eigenvalue weighted by Crippen LogP contribution is 2.67. The molecule has 0 amide bonds. The standard InChI is InChI=1S/C21H33IO2S/c1-13(23)17-6-7-18-16-5-4-14-12-15(24-25-22)8-10-20(14,2)19(16)9-11-21(17,18)3/h14-19H,4-12H2,1-3H3. The molecule has 142 valence electrons. The van der Waals surface area contributed by atoms with Gasteiger partial charge >= 0.3 is 0 Å². The van der Waals surface area contributed by atoms with Crippen molar-refractivity contribution in [1.82, 2.24) is 0 Å². The minimum atomic E-state index is 0.300. The van der Waals surface area contributed by atoms with Gasteiger partial charge in [0, 0.05) is 27.1 Å². The van der Waals surface area contributed by atoms with E-state index in [1.54, 1.807) is 0 Å². The molecule has 0 bridgehead atoms. The molecule has 4 aliphatic carbocycles. The van der Waals surface area contributed by atoms with Gasteiger partial charge in [-0.2, -0.15) is 0 Å². The summed E-state index contributed by atoms with van der Waals surface area (Å²) in [5, 5.41) is 0. The molecule has 2 nitrogen and oxygen atoms in total. The summed E-state index contributed by atoms with van der Waals surface area (Å²) in [6.07, 6.45) is 12.2. The minimum absolute atomic E-state index is 0.300. The number of carbonyl (C=O) groups excluding carboxylic acids is 1. The first-order valence-electron chi connectivity index (χ1n) is 10.3. The summed E-state index contributed by atoms with van der Waals surface area (Å²) in [5.74, 6) is 4.22. The Morgan fingerprint density at radius 1 is 1.00 bits per heavy atom. The van der Waals surface area contributed by atoms with Crippen molar-refractivity contribution < 1.29 is 8.98 Å². The van der Waals surface area contributed by atoms with Crippen LogP contribution in [0.15, 0.2) is 0 Å². The van der Waals surface area contributed by atoms with E-state index < -0.39 is 0 Å². The van der Waals surface area contributed by atoms with Crippen LogP contribution in [0.3, 0.4) is 0 Å². The van der Waals surface area contributed by atoms with E-state index in [2.05, 4.69) is 35.1 Å². The summed E-state index contributed by atoms with van der Waals surface area (Å²) in [4.78, 5) is 12.2. The topological polar surface area (TPSA) is 26.3 Å². The summed E-state index contributed by atoms with van der Waals surface area (Å²) < 4.78 is 5.90. The summed E-state index contributed by atoms with van der Waals surface area (Å²) in [7, 11) is 1.52. The van der Waals surface area contributed by atoms with Crippen LogP contribution in [0.4, 0.5) is 0 Å². The van der Waals surface area contributed by atoms with Crippen LogP contribution in [-0.2, 0) is 8.98 Å². The van der Waals surface area contributed by atoms with Gasteiger partial charge in [-0.05, 0) is 99.2 Å². The monoisotopic (exact) mass is 476 g/mol. The van der Waals surface area contributed by atoms with Crippen molar-refractivity contribution in [3.8, 4) is 0 Å². The van der Waals surface area contributed by atoms with Gasteiger partial charge in [0.05, 0.1) is 15.3 Å². The van der Waals surface area contributed by atoms with Crippen LogP contribution < -0.4 is 0 Å². The Morgan fingerprint density at radius 2 is 1.72 bits per heavy atom. The van der Waals surface area contributed by atoms with Crippen molar-refractivity contribution in [2.75, 3.05) is 0 Å². The molecule has 0 saturated heterocycles. The van der Waals surface area contributed by atoms with E-state index >= 15 is 0 Å². The van der Waals surface area contributed by atoms with Crippen LogP contribution in [-0.4, -0.2) is 11.9 Å². The average Bonchev–Trinajstić information content (AvgIpc) is 2.93. The van der Waals surface area contributed by atoms with Gasteiger partial charge in [0.1, 0.15) is 5.78 Å². The zero-order valence-corrected chi connectivity index (χ0v) is 18.9. The second kappa shape index (κ2) is 6.95. The Kier molecular flexibility index (Phi) is 5.29. The summed E-state index contributed by atoms with van der Waals surface area (Å²) in [6, 6.07) is 0. The third-order valence-electron chi connectivity index (χ3n) is 9.28. The zero-order chi connectivity index (χ0) is 17.8. The first-order valence-corrected chi connectivity index (χ1v) is 13.6. The van der Waals surface area contributed by atoms with Crippen LogP contribution in [0.5, 0.6) is 0 Å². The lowest BCUT2D eigenvalue weighted by Gasteiger charge is -2.61. The summed E-state index contributed by atoms with van der Waals surface area (Å²) >= 11 is 2.26. The molecule has 4 aliphatic rings. The van der Waals surface area contributed by atoms with Gasteiger partial charge in [-0.1, -0.05) is 13.8 Å². The molecule has 4 heteroatoms. The highest BCUT2D eigenvalue weighted by Gasteiger charge is 2.60. The highest BCUT2D eigenvalue weighted by atomic mass is 127. The molecule has 4 saturated carbocycles. The predicted octanol–water partition coefficient (Wildman–Crippen LogP) is 6.62. The predicted molar refractivity (Wildman–Crippen MR) is 112 cm³/mol. The van der Waals surface area contributed by atoms with Crippen molar-refractivity contribution >= 4 is 36.2 Å². The van der Waals surface area contributed by atoms with E-state index in [0.29, 0.717) is 28.6 Å². The number of hydrogen-bond acceptors (Lipinski definition) is 3. The van der Waals surface area contributed by atoms with E-state index in [1.165, 1.54) is 60.6 Å². The number of Topliss-reactive ketones (excluding diaryl/α,β-unsaturated/α-hetero) is 1. The van der Waals surface area contributed by atoms with E-state index in [0.717, 1.165) is 30.1 Å². The van der Waals surface area contributed by atoms with Crippen molar-refractivity contribution in [1.29, 1.82) is 0 Å². The molecule has 0 aromatic carbocycles. The lowest BCUT2D eigenvalue weighted by atomic mass is 9.44. The molecule has 0 aromatic heterocycles. The molecular formula is C21H33IO2S. The number of hydrogen-bond donors (Lipinski definition) is 0. The molecule has 0 spiro atoms. The fourth-order valence-corrected chi connectivity index (χ4v) is 9.18. The number of halogens is 1. The third-order valence-corrected chi connectivity index (χ3v) is 10.2. The maximum atomic E-state index is 12.2. The largest absolute Gasteiger partial charge is 0.302 e. The lowest BCUT2D eigenvalue weighted by Crippen LogP contribution is -2.54. The molecule has 0 N–H and O–H groups in total. The SMILES string of the molecule is CC(=O)C1CCC2C3CCC4CC(OSI)CCC4(C)C3CCC12C. The van der Waals surface area contributed by atoms with Gasteiger partial charge < -0.3 is 4.18 Å². The maximum absolute atomic E-state index is 12.2. The van der Waals surface area contributed by atoms with Crippen molar-refractivity contribution in [3.63, 3.8) is 0 Å². The minimum Gasteiger partial charge on any atom is -0.302 e. The third kappa shape index (κ3) is 2.95. The Morgan fingerprint density at radius 3 is 2.44 bits per heavy atom. The second-order valence-electron chi connectivity index (χ2n) is 10.00. The molecule has 8 atom stereocenters. The van der Waals surface area contributed by atoms with Gasteiger partial charge in [-0.3, -0.25) is 4.79 Å². The number of rotatable bonds is 3. The van der Waals surface area contributed by atoms with Crippen molar-refractivity contribution in [3.05, 3.63) is 0 Å². The second-order valence-corrected chi connectivity index (χ2v) is 11.4. The quantitative estimate of drug-likeness (QED) is 0.338. The van der Waals surface area contributed by atoms with E-state index in [-0.39, 0.29) is 0 Å². The normalized spacial score (nSPS) is 52.2. The fraction of sp³-hybridized carbons (Fsp3) is 0.952. The van der Waals surface area contributed by atoms with E-state index in [4.69, 9.17) is 4.18 Å². The Hall–Kier alpha value is 0.710. The van der Waals surface area contributed by atoms with Crippen molar-refractivity contribution in [2.45, 2.75) is 84.7 Å². The number of ketones is 1. The van der Waals surface area contributed by atoms with Crippen LogP contribution >= 0.6 is 30.4 Å². The van der Waals surface area contributed by atoms with Gasteiger partial charge in [0.2, 0.25) is 0 Å². The molecule has 0 aromatic rings. The first kappa shape index (κ1) is 19.0. The first-order chi connectivity index (χ1) is 11.9. The number of fused-ring (bicyclic) bond motifs is 5. The molecule has 0 heterocycles. The van der Waals surface area contributed by atoms with Gasteiger partial charge in [0.15, 0.2) is 0 Å². The lowest BCUT2D eigenvalue weighted by molar-refractivity contribution is -0.136. The fourth-order valence-electron chi connectivity index (χ4n) is 8.03. The summed E-state index contributed by atoms with van der Waals surface area (Å²) in [6.45, 7) is 6.92. The van der Waals surface area contributed by atoms with Crippen LogP contribution in [0.2, 0.25) is 0 Å². The van der Waals surface area contributed by atoms with E-state index in [9.17, 15) is 4.79 Å². The Labute approximate surface area is 169 Å². The van der Waals surface area contributed by atoms with Gasteiger partial charge in [-0.15, -0.1) is 0 Å². The number of carbonyl (C=O) groups is 1. The molecule has 4 fully saturated rings. The van der Waals surface area contributed by atoms with Crippen LogP contribution in [0.25, 0.3) is 0 Å². The maximum Gasteiger partial charge on any atom is 0.133 e. The molecule has 25 heavy (non-hydrogen) atoms. The van der Waals surface area contributed by atoms with Gasteiger partial charge in [-0.25, -0.2) is 0 Å². The van der Waals surface area contributed by atoms with Crippen LogP contribution in [0, 0.1) is 40.4 Å². The van der Waals surface area contributed by atoms with E-state index in [1.807, 2.05) is 6.92 Å². The molecular weight excluding hydrogens is 443 g/mol. The zero-order valence-electron chi connectivity index (χ0n) is 15.9. The van der Waals surface area contributed by atoms with Crippen molar-refractivity contribution in [2.24, 2.45) is 40.4 Å².